The van der Waals surface area contributed by atoms with Gasteiger partial charge in [-0.1, -0.05) is 18.9 Å². The maximum absolute atomic E-state index is 12.5. The highest BCUT2D eigenvalue weighted by molar-refractivity contribution is 6.03. The summed E-state index contributed by atoms with van der Waals surface area (Å²) in [4.78, 5) is 26.4. The van der Waals surface area contributed by atoms with Crippen LogP contribution in [0, 0.1) is 0 Å². The van der Waals surface area contributed by atoms with Crippen LogP contribution in [0.4, 0.5) is 5.69 Å². The van der Waals surface area contributed by atoms with E-state index in [1.165, 1.54) is 4.90 Å². The van der Waals surface area contributed by atoms with Crippen LogP contribution < -0.4 is 20.7 Å². The molecule has 0 spiro atoms. The minimum atomic E-state index is -0.599. The first-order chi connectivity index (χ1) is 11.5. The van der Waals surface area contributed by atoms with Crippen LogP contribution in [0.1, 0.15) is 51.1 Å². The number of carbonyl (C=O) groups excluding carboxylic acids is 2. The predicted molar refractivity (Wildman–Crippen MR) is 91.9 cm³/mol. The van der Waals surface area contributed by atoms with Crippen molar-refractivity contribution in [1.82, 2.24) is 5.32 Å². The van der Waals surface area contributed by atoms with Crippen molar-refractivity contribution in [1.29, 1.82) is 0 Å². The van der Waals surface area contributed by atoms with Crippen LogP contribution >= 0.6 is 0 Å². The van der Waals surface area contributed by atoms with Gasteiger partial charge in [0, 0.05) is 12.1 Å². The second kappa shape index (κ2) is 6.81. The summed E-state index contributed by atoms with van der Waals surface area (Å²) in [5, 5.41) is 3.03. The molecule has 1 fully saturated rings. The number of benzene rings is 1. The molecule has 1 aromatic carbocycles. The summed E-state index contributed by atoms with van der Waals surface area (Å²) in [5.74, 6) is 0.285. The number of fused-ring (bicyclic) bond motifs is 1. The molecule has 1 aromatic rings. The Morgan fingerprint density at radius 1 is 1.42 bits per heavy atom. The van der Waals surface area contributed by atoms with Gasteiger partial charge in [-0.3, -0.25) is 14.5 Å². The van der Waals surface area contributed by atoms with Crippen molar-refractivity contribution in [3.05, 3.63) is 23.8 Å². The molecule has 0 radical (unpaired) electrons. The number of nitrogens with one attached hydrogen (secondary N) is 1. The fourth-order valence-electron chi connectivity index (χ4n) is 3.36. The minimum absolute atomic E-state index is 0.0123. The zero-order chi connectivity index (χ0) is 17.3. The van der Waals surface area contributed by atoms with Gasteiger partial charge in [0.1, 0.15) is 12.3 Å². The summed E-state index contributed by atoms with van der Waals surface area (Å²) in [6.07, 6.45) is 3.74. The molecule has 0 aromatic heterocycles. The van der Waals surface area contributed by atoms with Crippen LogP contribution in [0.25, 0.3) is 0 Å². The third-order valence-electron chi connectivity index (χ3n) is 4.74. The first-order valence-electron chi connectivity index (χ1n) is 8.62. The Morgan fingerprint density at radius 2 is 2.12 bits per heavy atom. The van der Waals surface area contributed by atoms with E-state index in [-0.39, 0.29) is 30.4 Å². The van der Waals surface area contributed by atoms with Crippen molar-refractivity contribution >= 4 is 17.5 Å². The molecular weight excluding hydrogens is 306 g/mol. The fraction of sp³-hybridized carbons (Fsp3) is 0.556. The van der Waals surface area contributed by atoms with E-state index in [2.05, 4.69) is 5.32 Å². The molecule has 1 aliphatic heterocycles. The van der Waals surface area contributed by atoms with E-state index in [0.29, 0.717) is 11.4 Å². The third-order valence-corrected chi connectivity index (χ3v) is 4.74. The molecule has 6 heteroatoms. The number of nitrogens with two attached hydrogens (primary N) is 1. The Hall–Kier alpha value is -2.08. The summed E-state index contributed by atoms with van der Waals surface area (Å²) in [6.45, 7) is 3.60. The van der Waals surface area contributed by atoms with Crippen molar-refractivity contribution in [2.24, 2.45) is 5.73 Å². The minimum Gasteiger partial charge on any atom is -0.479 e. The molecule has 0 saturated heterocycles. The summed E-state index contributed by atoms with van der Waals surface area (Å²) in [6, 6.07) is 5.63. The van der Waals surface area contributed by atoms with Gasteiger partial charge < -0.3 is 15.8 Å². The number of rotatable bonds is 4. The molecule has 2 amide bonds. The van der Waals surface area contributed by atoms with Crippen LogP contribution in [0.5, 0.6) is 5.75 Å². The molecule has 3 rings (SSSR count). The summed E-state index contributed by atoms with van der Waals surface area (Å²) in [5.41, 5.74) is 7.46. The Balaban J connectivity index is 1.81. The number of anilines is 1. The molecule has 6 nitrogen and oxygen atoms in total. The molecule has 2 unspecified atom stereocenters. The Morgan fingerprint density at radius 3 is 2.79 bits per heavy atom. The monoisotopic (exact) mass is 331 g/mol. The van der Waals surface area contributed by atoms with E-state index in [9.17, 15) is 9.59 Å². The van der Waals surface area contributed by atoms with Crippen LogP contribution in [-0.4, -0.2) is 30.5 Å². The lowest BCUT2D eigenvalue weighted by Crippen LogP contribution is -2.50. The highest BCUT2D eigenvalue weighted by atomic mass is 16.5. The van der Waals surface area contributed by atoms with Gasteiger partial charge in [-0.05, 0) is 44.4 Å². The zero-order valence-electron chi connectivity index (χ0n) is 14.2. The lowest BCUT2D eigenvalue weighted by Gasteiger charge is -2.33. The second-order valence-corrected chi connectivity index (χ2v) is 6.75. The van der Waals surface area contributed by atoms with Crippen LogP contribution in [0.3, 0.4) is 0 Å². The molecule has 1 aliphatic carbocycles. The topological polar surface area (TPSA) is 84.7 Å². The average molecular weight is 331 g/mol. The van der Waals surface area contributed by atoms with Gasteiger partial charge in [0.15, 0.2) is 6.10 Å². The molecule has 2 aliphatic rings. The van der Waals surface area contributed by atoms with Crippen molar-refractivity contribution < 1.29 is 14.3 Å². The van der Waals surface area contributed by atoms with Gasteiger partial charge in [0.25, 0.3) is 5.91 Å². The quantitative estimate of drug-likeness (QED) is 0.882. The maximum Gasteiger partial charge on any atom is 0.268 e. The van der Waals surface area contributed by atoms with E-state index >= 15 is 0 Å². The number of hydrogen-bond acceptors (Lipinski definition) is 4. The smallest absolute Gasteiger partial charge is 0.268 e. The average Bonchev–Trinajstić information content (AvgIpc) is 3.04. The molecular formula is C18H25N3O3. The van der Waals surface area contributed by atoms with E-state index in [0.717, 1.165) is 31.2 Å². The first-order valence-corrected chi connectivity index (χ1v) is 8.62. The molecule has 1 saturated carbocycles. The van der Waals surface area contributed by atoms with Gasteiger partial charge in [-0.15, -0.1) is 0 Å². The Labute approximate surface area is 142 Å². The summed E-state index contributed by atoms with van der Waals surface area (Å²) < 4.78 is 5.66. The third kappa shape index (κ3) is 3.38. The molecule has 24 heavy (non-hydrogen) atoms. The van der Waals surface area contributed by atoms with Gasteiger partial charge in [-0.25, -0.2) is 0 Å². The molecule has 130 valence electrons. The largest absolute Gasteiger partial charge is 0.479 e. The number of nitrogens with zero attached hydrogens (tertiary/aromatic N) is 1. The van der Waals surface area contributed by atoms with E-state index in [4.69, 9.17) is 10.5 Å². The molecule has 0 bridgehead atoms. The van der Waals surface area contributed by atoms with Crippen LogP contribution in [0.2, 0.25) is 0 Å². The highest BCUT2D eigenvalue weighted by Gasteiger charge is 2.33. The van der Waals surface area contributed by atoms with Gasteiger partial charge in [0.05, 0.1) is 5.69 Å². The van der Waals surface area contributed by atoms with Crippen LogP contribution in [-0.2, 0) is 9.59 Å². The highest BCUT2D eigenvalue weighted by Crippen LogP contribution is 2.35. The maximum atomic E-state index is 12.5. The SMILES string of the molecule is CC1Oc2ccc(C(C)N)cc2N(CC(=O)NC2CCCC2)C1=O. The normalized spacial score (nSPS) is 22.0. The van der Waals surface area contributed by atoms with Gasteiger partial charge >= 0.3 is 0 Å². The summed E-state index contributed by atoms with van der Waals surface area (Å²) in [7, 11) is 0. The summed E-state index contributed by atoms with van der Waals surface area (Å²) >= 11 is 0. The standard InChI is InChI=1S/C18H25N3O3/c1-11(19)13-7-8-16-15(9-13)21(18(23)12(2)24-16)10-17(22)20-14-5-3-4-6-14/h7-9,11-12,14H,3-6,10,19H2,1-2H3,(H,20,22). The van der Waals surface area contributed by atoms with Crippen molar-refractivity contribution in [3.63, 3.8) is 0 Å². The van der Waals surface area contributed by atoms with Crippen molar-refractivity contribution in [2.45, 2.75) is 57.7 Å². The number of ether oxygens (including phenoxy) is 1. The predicted octanol–water partition coefficient (Wildman–Crippen LogP) is 1.88. The van der Waals surface area contributed by atoms with Gasteiger partial charge in [-0.2, -0.15) is 0 Å². The van der Waals surface area contributed by atoms with E-state index in [1.54, 1.807) is 6.92 Å². The number of carbonyl (C=O) groups is 2. The fourth-order valence-corrected chi connectivity index (χ4v) is 3.36. The molecule has 1 heterocycles. The van der Waals surface area contributed by atoms with E-state index < -0.39 is 6.10 Å². The zero-order valence-corrected chi connectivity index (χ0v) is 14.2. The lowest BCUT2D eigenvalue weighted by molar-refractivity contribution is -0.128. The Kier molecular flexibility index (Phi) is 4.76. The second-order valence-electron chi connectivity index (χ2n) is 6.75. The first kappa shape index (κ1) is 16.8. The van der Waals surface area contributed by atoms with Crippen molar-refractivity contribution in [2.75, 3.05) is 11.4 Å². The van der Waals surface area contributed by atoms with Crippen molar-refractivity contribution in [3.8, 4) is 5.75 Å². The lowest BCUT2D eigenvalue weighted by atomic mass is 10.1. The number of hydrogen-bond donors (Lipinski definition) is 2. The number of amides is 2. The molecule has 2 atom stereocenters. The Bertz CT molecular complexity index is 638. The molecule has 3 N–H and O–H groups in total. The van der Waals surface area contributed by atoms with Gasteiger partial charge in [0.2, 0.25) is 5.91 Å². The van der Waals surface area contributed by atoms with Crippen LogP contribution in [0.15, 0.2) is 18.2 Å². The van der Waals surface area contributed by atoms with E-state index in [1.807, 2.05) is 25.1 Å².